The highest BCUT2D eigenvalue weighted by atomic mass is 15.1. The fourth-order valence-electron chi connectivity index (χ4n) is 1.37. The Kier molecular flexibility index (Phi) is 5.51. The maximum Gasteiger partial charge on any atom is 0.00888 e. The summed E-state index contributed by atoms with van der Waals surface area (Å²) in [6.45, 7) is 8.56. The van der Waals surface area contributed by atoms with E-state index in [4.69, 9.17) is 5.73 Å². The Bertz CT molecular complexity index is 98.5. The van der Waals surface area contributed by atoms with Crippen LogP contribution in [0.4, 0.5) is 0 Å². The molecule has 0 amide bonds. The Hall–Kier alpha value is -0.0800. The normalized spacial score (nSPS) is 32.5. The van der Waals surface area contributed by atoms with Gasteiger partial charge in [-0.2, -0.15) is 0 Å². The van der Waals surface area contributed by atoms with Gasteiger partial charge in [-0.25, -0.2) is 0 Å². The van der Waals surface area contributed by atoms with Crippen LogP contribution in [0.1, 0.15) is 28.6 Å². The van der Waals surface area contributed by atoms with Crippen LogP contribution in [-0.2, 0) is 0 Å². The summed E-state index contributed by atoms with van der Waals surface area (Å²) in [6, 6.07) is 0.446. The molecule has 0 aliphatic carbocycles. The maximum atomic E-state index is 5.81. The van der Waals surface area contributed by atoms with Gasteiger partial charge < -0.3 is 10.6 Å². The molecule has 0 saturated carbocycles. The zero-order valence-corrected chi connectivity index (χ0v) is 8.30. The van der Waals surface area contributed by atoms with Crippen LogP contribution in [0.5, 0.6) is 0 Å². The Labute approximate surface area is 72.2 Å². The van der Waals surface area contributed by atoms with Gasteiger partial charge in [0.2, 0.25) is 0 Å². The first-order valence-corrected chi connectivity index (χ1v) is 4.64. The first-order valence-electron chi connectivity index (χ1n) is 4.64. The predicted molar refractivity (Wildman–Crippen MR) is 52.7 cm³/mol. The van der Waals surface area contributed by atoms with Gasteiger partial charge in [0.25, 0.3) is 0 Å². The van der Waals surface area contributed by atoms with Crippen LogP contribution in [0.25, 0.3) is 0 Å². The van der Waals surface area contributed by atoms with Crippen LogP contribution in [0, 0.1) is 5.92 Å². The van der Waals surface area contributed by atoms with Crippen molar-refractivity contribution in [3.8, 4) is 0 Å². The van der Waals surface area contributed by atoms with Crippen molar-refractivity contribution in [1.82, 2.24) is 4.90 Å². The van der Waals surface area contributed by atoms with Crippen molar-refractivity contribution in [3.05, 3.63) is 0 Å². The number of piperidine rings is 1. The molecule has 70 valence electrons. The van der Waals surface area contributed by atoms with Crippen LogP contribution < -0.4 is 5.73 Å². The quantitative estimate of drug-likeness (QED) is 0.582. The molecule has 0 aromatic heterocycles. The van der Waals surface area contributed by atoms with Gasteiger partial charge in [-0.15, -0.1) is 0 Å². The van der Waals surface area contributed by atoms with Gasteiger partial charge in [0.15, 0.2) is 0 Å². The molecule has 2 unspecified atom stereocenters. The molecule has 1 heterocycles. The molecule has 0 aromatic rings. The third kappa shape index (κ3) is 3.73. The molecule has 1 aliphatic rings. The van der Waals surface area contributed by atoms with E-state index in [1.165, 1.54) is 13.1 Å². The van der Waals surface area contributed by atoms with Gasteiger partial charge in [-0.1, -0.05) is 20.8 Å². The third-order valence-corrected chi connectivity index (χ3v) is 2.17. The Morgan fingerprint density at radius 3 is 2.36 bits per heavy atom. The van der Waals surface area contributed by atoms with Gasteiger partial charge in [0.1, 0.15) is 0 Å². The van der Waals surface area contributed by atoms with Crippen molar-refractivity contribution in [2.45, 2.75) is 33.2 Å². The fourth-order valence-corrected chi connectivity index (χ4v) is 1.37. The minimum absolute atomic E-state index is 0. The molecule has 1 fully saturated rings. The summed E-state index contributed by atoms with van der Waals surface area (Å²) in [7, 11) is 2.16. The number of nitrogens with zero attached hydrogens (tertiary/aromatic N) is 1. The lowest BCUT2D eigenvalue weighted by atomic mass is 9.95. The van der Waals surface area contributed by atoms with Crippen LogP contribution in [0.15, 0.2) is 0 Å². The van der Waals surface area contributed by atoms with Gasteiger partial charge in [-0.05, 0) is 25.9 Å². The van der Waals surface area contributed by atoms with Crippen molar-refractivity contribution < 1.29 is 1.43 Å². The second-order valence-electron chi connectivity index (χ2n) is 3.19. The number of hydrogen-bond acceptors (Lipinski definition) is 2. The first kappa shape index (κ1) is 10.9. The second kappa shape index (κ2) is 5.56. The third-order valence-electron chi connectivity index (χ3n) is 2.17. The molecular formula is C9H24N2. The van der Waals surface area contributed by atoms with Gasteiger partial charge in [-0.3, -0.25) is 0 Å². The van der Waals surface area contributed by atoms with E-state index in [1.54, 1.807) is 0 Å². The zero-order chi connectivity index (χ0) is 8.85. The summed E-state index contributed by atoms with van der Waals surface area (Å²) in [6.07, 6.45) is 1.16. The standard InChI is InChI=1S/C7H16N2.C2H6.H2/c1-6-5-9(2)4-3-7(6)8;1-2;/h6-7H,3-5,8H2,1-2H3;1-2H3;1H. The predicted octanol–water partition coefficient (Wildman–Crippen LogP) is 1.56. The summed E-state index contributed by atoms with van der Waals surface area (Å²) in [5, 5.41) is 0. The lowest BCUT2D eigenvalue weighted by Crippen LogP contribution is -2.44. The molecule has 1 rings (SSSR count). The first-order chi connectivity index (χ1) is 5.20. The van der Waals surface area contributed by atoms with E-state index in [2.05, 4.69) is 18.9 Å². The number of hydrogen-bond donors (Lipinski definition) is 1. The zero-order valence-electron chi connectivity index (χ0n) is 8.30. The molecule has 1 saturated heterocycles. The van der Waals surface area contributed by atoms with Crippen LogP contribution in [-0.4, -0.2) is 31.1 Å². The Morgan fingerprint density at radius 2 is 2.00 bits per heavy atom. The maximum absolute atomic E-state index is 5.81. The summed E-state index contributed by atoms with van der Waals surface area (Å²) in [5.74, 6) is 0.684. The lowest BCUT2D eigenvalue weighted by molar-refractivity contribution is 0.197. The molecule has 0 radical (unpaired) electrons. The van der Waals surface area contributed by atoms with Crippen molar-refractivity contribution in [2.75, 3.05) is 20.1 Å². The molecule has 2 atom stereocenters. The van der Waals surface area contributed by atoms with Gasteiger partial charge in [0, 0.05) is 14.0 Å². The van der Waals surface area contributed by atoms with Crippen LogP contribution in [0.2, 0.25) is 0 Å². The molecule has 0 bridgehead atoms. The topological polar surface area (TPSA) is 29.3 Å². The molecule has 2 N–H and O–H groups in total. The average molecular weight is 160 g/mol. The highest BCUT2D eigenvalue weighted by Crippen LogP contribution is 2.12. The van der Waals surface area contributed by atoms with E-state index >= 15 is 0 Å². The van der Waals surface area contributed by atoms with Crippen LogP contribution >= 0.6 is 0 Å². The molecule has 2 heteroatoms. The smallest absolute Gasteiger partial charge is 0.00888 e. The second-order valence-corrected chi connectivity index (χ2v) is 3.19. The van der Waals surface area contributed by atoms with Gasteiger partial charge in [0.05, 0.1) is 0 Å². The molecule has 2 nitrogen and oxygen atoms in total. The Morgan fingerprint density at radius 1 is 1.45 bits per heavy atom. The summed E-state index contributed by atoms with van der Waals surface area (Å²) >= 11 is 0. The van der Waals surface area contributed by atoms with E-state index in [0.717, 1.165) is 6.42 Å². The highest BCUT2D eigenvalue weighted by Gasteiger charge is 2.19. The molecule has 1 aliphatic heterocycles. The Balaban J connectivity index is 0. The fraction of sp³-hybridized carbons (Fsp3) is 1.00. The largest absolute Gasteiger partial charge is 0.327 e. The molecular weight excluding hydrogens is 136 g/mol. The van der Waals surface area contributed by atoms with Gasteiger partial charge >= 0.3 is 0 Å². The van der Waals surface area contributed by atoms with Crippen molar-refractivity contribution in [1.29, 1.82) is 0 Å². The van der Waals surface area contributed by atoms with Crippen molar-refractivity contribution in [2.24, 2.45) is 11.7 Å². The van der Waals surface area contributed by atoms with Crippen LogP contribution in [0.3, 0.4) is 0 Å². The van der Waals surface area contributed by atoms with E-state index in [-0.39, 0.29) is 1.43 Å². The minimum Gasteiger partial charge on any atom is -0.327 e. The number of rotatable bonds is 0. The summed E-state index contributed by atoms with van der Waals surface area (Å²) in [4.78, 5) is 2.34. The van der Waals surface area contributed by atoms with E-state index in [1.807, 2.05) is 13.8 Å². The summed E-state index contributed by atoms with van der Waals surface area (Å²) < 4.78 is 0. The highest BCUT2D eigenvalue weighted by molar-refractivity contribution is 4.77. The lowest BCUT2D eigenvalue weighted by Gasteiger charge is -2.32. The number of nitrogens with two attached hydrogens (primary N) is 1. The molecule has 11 heavy (non-hydrogen) atoms. The summed E-state index contributed by atoms with van der Waals surface area (Å²) in [5.41, 5.74) is 5.81. The van der Waals surface area contributed by atoms with E-state index in [9.17, 15) is 0 Å². The molecule has 0 aromatic carbocycles. The van der Waals surface area contributed by atoms with Crippen molar-refractivity contribution in [3.63, 3.8) is 0 Å². The van der Waals surface area contributed by atoms with E-state index in [0.29, 0.717) is 12.0 Å². The van der Waals surface area contributed by atoms with E-state index < -0.39 is 0 Å². The monoisotopic (exact) mass is 160 g/mol. The minimum atomic E-state index is 0. The molecule has 0 spiro atoms. The SMILES string of the molecule is CC.CC1CN(C)CCC1N.[HH]. The number of likely N-dealkylation sites (tertiary alicyclic amines) is 1. The van der Waals surface area contributed by atoms with Crippen molar-refractivity contribution >= 4 is 0 Å². The average Bonchev–Trinajstić information content (AvgIpc) is 2.02.